The first-order valence-corrected chi connectivity index (χ1v) is 7.51. The van der Waals surface area contributed by atoms with Gasteiger partial charge in [0.25, 0.3) is 0 Å². The van der Waals surface area contributed by atoms with Gasteiger partial charge in [0.1, 0.15) is 0 Å². The maximum atomic E-state index is 6.16. The van der Waals surface area contributed by atoms with Crippen LogP contribution in [0.1, 0.15) is 25.3 Å². The van der Waals surface area contributed by atoms with E-state index in [1.54, 1.807) is 7.11 Å². The Morgan fingerprint density at radius 2 is 2.16 bits per heavy atom. The van der Waals surface area contributed by atoms with Gasteiger partial charge in [-0.2, -0.15) is 0 Å². The number of halogens is 2. The summed E-state index contributed by atoms with van der Waals surface area (Å²) in [6, 6.07) is 6.04. The van der Waals surface area contributed by atoms with Gasteiger partial charge < -0.3 is 10.1 Å². The van der Waals surface area contributed by atoms with Crippen LogP contribution in [0.2, 0.25) is 10.0 Å². The van der Waals surface area contributed by atoms with Crippen LogP contribution in [-0.2, 0) is 10.2 Å². The first kappa shape index (κ1) is 15.1. The quantitative estimate of drug-likeness (QED) is 0.805. The molecule has 19 heavy (non-hydrogen) atoms. The number of hydrogen-bond donors (Lipinski definition) is 1. The number of rotatable bonds is 6. The molecule has 0 radical (unpaired) electrons. The van der Waals surface area contributed by atoms with E-state index < -0.39 is 0 Å². The van der Waals surface area contributed by atoms with Crippen molar-refractivity contribution in [3.05, 3.63) is 33.8 Å². The molecule has 1 aliphatic carbocycles. The molecule has 1 saturated carbocycles. The zero-order valence-electron chi connectivity index (χ0n) is 11.5. The molecule has 2 nitrogen and oxygen atoms in total. The fourth-order valence-electron chi connectivity index (χ4n) is 2.87. The van der Waals surface area contributed by atoms with E-state index in [1.807, 2.05) is 12.1 Å². The highest BCUT2D eigenvalue weighted by Crippen LogP contribution is 2.49. The summed E-state index contributed by atoms with van der Waals surface area (Å²) >= 11 is 12.2. The molecule has 0 heterocycles. The second-order valence-electron chi connectivity index (χ2n) is 5.39. The smallest absolute Gasteiger partial charge is 0.0595 e. The first-order chi connectivity index (χ1) is 9.10. The third-order valence-corrected chi connectivity index (χ3v) is 5.12. The molecule has 0 bridgehead atoms. The Morgan fingerprint density at radius 3 is 2.68 bits per heavy atom. The Morgan fingerprint density at radius 1 is 1.37 bits per heavy atom. The van der Waals surface area contributed by atoms with Crippen LogP contribution in [0.25, 0.3) is 0 Å². The fourth-order valence-corrected chi connectivity index (χ4v) is 3.16. The van der Waals surface area contributed by atoms with Gasteiger partial charge in [-0.15, -0.1) is 0 Å². The minimum Gasteiger partial charge on any atom is -0.383 e. The maximum absolute atomic E-state index is 6.16. The zero-order valence-corrected chi connectivity index (χ0v) is 13.0. The second-order valence-corrected chi connectivity index (χ2v) is 6.21. The first-order valence-electron chi connectivity index (χ1n) is 6.75. The standard InChI is InChI=1S/C15H21Cl2NO/c1-11-5-6-15(11,10-18-7-8-19-2)12-3-4-13(16)14(17)9-12/h3-4,9,11,18H,5-8,10H2,1-2H3. The molecule has 1 aliphatic rings. The van der Waals surface area contributed by atoms with E-state index in [4.69, 9.17) is 27.9 Å². The lowest BCUT2D eigenvalue weighted by atomic mass is 9.57. The van der Waals surface area contributed by atoms with Crippen molar-refractivity contribution in [1.29, 1.82) is 0 Å². The Kier molecular flexibility index (Phi) is 5.13. The lowest BCUT2D eigenvalue weighted by Crippen LogP contribution is -2.50. The minimum atomic E-state index is 0.196. The van der Waals surface area contributed by atoms with E-state index in [9.17, 15) is 0 Å². The largest absolute Gasteiger partial charge is 0.383 e. The number of nitrogens with one attached hydrogen (secondary N) is 1. The molecular formula is C15H21Cl2NO. The van der Waals surface area contributed by atoms with E-state index in [1.165, 1.54) is 18.4 Å². The SMILES string of the molecule is COCCNCC1(c2ccc(Cl)c(Cl)c2)CCC1C. The van der Waals surface area contributed by atoms with E-state index in [0.717, 1.165) is 19.7 Å². The summed E-state index contributed by atoms with van der Waals surface area (Å²) < 4.78 is 5.07. The maximum Gasteiger partial charge on any atom is 0.0595 e. The van der Waals surface area contributed by atoms with Gasteiger partial charge >= 0.3 is 0 Å². The molecule has 0 saturated heterocycles. The van der Waals surface area contributed by atoms with Gasteiger partial charge in [-0.25, -0.2) is 0 Å². The molecule has 4 heteroatoms. The zero-order chi connectivity index (χ0) is 13.9. The fraction of sp³-hybridized carbons (Fsp3) is 0.600. The molecule has 2 atom stereocenters. The van der Waals surface area contributed by atoms with Crippen molar-refractivity contribution in [1.82, 2.24) is 5.32 Å². The van der Waals surface area contributed by atoms with Gasteiger partial charge in [0, 0.05) is 25.6 Å². The summed E-state index contributed by atoms with van der Waals surface area (Å²) in [5.41, 5.74) is 1.49. The molecule has 106 valence electrons. The van der Waals surface area contributed by atoms with Crippen LogP contribution in [0.5, 0.6) is 0 Å². The number of benzene rings is 1. The summed E-state index contributed by atoms with van der Waals surface area (Å²) in [7, 11) is 1.72. The Bertz CT molecular complexity index is 438. The van der Waals surface area contributed by atoms with Crippen molar-refractivity contribution >= 4 is 23.2 Å². The molecule has 1 aromatic rings. The van der Waals surface area contributed by atoms with Crippen molar-refractivity contribution in [3.8, 4) is 0 Å². The molecule has 0 spiro atoms. The van der Waals surface area contributed by atoms with Gasteiger partial charge in [-0.05, 0) is 36.5 Å². The van der Waals surface area contributed by atoms with Crippen LogP contribution in [0.4, 0.5) is 0 Å². The van der Waals surface area contributed by atoms with Crippen molar-refractivity contribution in [2.75, 3.05) is 26.8 Å². The summed E-state index contributed by atoms with van der Waals surface area (Å²) in [5, 5.41) is 4.76. The molecule has 0 aromatic heterocycles. The van der Waals surface area contributed by atoms with Crippen LogP contribution < -0.4 is 5.32 Å². The number of hydrogen-bond acceptors (Lipinski definition) is 2. The normalized spacial score (nSPS) is 26.2. The van der Waals surface area contributed by atoms with Gasteiger partial charge in [0.2, 0.25) is 0 Å². The second kappa shape index (κ2) is 6.45. The highest BCUT2D eigenvalue weighted by Gasteiger charge is 2.44. The molecule has 1 aromatic carbocycles. The van der Waals surface area contributed by atoms with Crippen molar-refractivity contribution < 1.29 is 4.74 Å². The van der Waals surface area contributed by atoms with Crippen molar-refractivity contribution in [2.24, 2.45) is 5.92 Å². The van der Waals surface area contributed by atoms with Crippen LogP contribution >= 0.6 is 23.2 Å². The average Bonchev–Trinajstić information content (AvgIpc) is 2.40. The Labute approximate surface area is 125 Å². The molecule has 2 unspecified atom stereocenters. The van der Waals surface area contributed by atoms with E-state index in [2.05, 4.69) is 18.3 Å². The van der Waals surface area contributed by atoms with Gasteiger partial charge in [-0.1, -0.05) is 36.2 Å². The minimum absolute atomic E-state index is 0.196. The summed E-state index contributed by atoms with van der Waals surface area (Å²) in [6.45, 7) is 4.90. The van der Waals surface area contributed by atoms with E-state index in [-0.39, 0.29) is 5.41 Å². The monoisotopic (exact) mass is 301 g/mol. The van der Waals surface area contributed by atoms with Crippen LogP contribution in [0.15, 0.2) is 18.2 Å². The molecule has 1 N–H and O–H groups in total. The van der Waals surface area contributed by atoms with Gasteiger partial charge in [-0.3, -0.25) is 0 Å². The topological polar surface area (TPSA) is 21.3 Å². The van der Waals surface area contributed by atoms with Gasteiger partial charge in [0.15, 0.2) is 0 Å². The van der Waals surface area contributed by atoms with Crippen LogP contribution in [0, 0.1) is 5.92 Å². The summed E-state index contributed by atoms with van der Waals surface area (Å²) in [6.07, 6.45) is 2.47. The lowest BCUT2D eigenvalue weighted by molar-refractivity contribution is 0.127. The van der Waals surface area contributed by atoms with Crippen molar-refractivity contribution in [3.63, 3.8) is 0 Å². The van der Waals surface area contributed by atoms with Crippen LogP contribution in [0.3, 0.4) is 0 Å². The number of ether oxygens (including phenoxy) is 1. The highest BCUT2D eigenvalue weighted by molar-refractivity contribution is 6.42. The number of methoxy groups -OCH3 is 1. The predicted octanol–water partition coefficient (Wildman–Crippen LogP) is 3.90. The summed E-state index contributed by atoms with van der Waals surface area (Å²) in [5.74, 6) is 0.666. The Balaban J connectivity index is 2.12. The molecule has 0 amide bonds. The van der Waals surface area contributed by atoms with Crippen molar-refractivity contribution in [2.45, 2.75) is 25.2 Å². The lowest BCUT2D eigenvalue weighted by Gasteiger charge is -2.49. The predicted molar refractivity (Wildman–Crippen MR) is 81.3 cm³/mol. The summed E-state index contributed by atoms with van der Waals surface area (Å²) in [4.78, 5) is 0. The van der Waals surface area contributed by atoms with E-state index >= 15 is 0 Å². The molecule has 0 aliphatic heterocycles. The molecule has 1 fully saturated rings. The van der Waals surface area contributed by atoms with E-state index in [0.29, 0.717) is 16.0 Å². The average molecular weight is 302 g/mol. The molecule has 2 rings (SSSR count). The molecular weight excluding hydrogens is 281 g/mol. The third kappa shape index (κ3) is 3.08. The highest BCUT2D eigenvalue weighted by atomic mass is 35.5. The van der Waals surface area contributed by atoms with Crippen LogP contribution in [-0.4, -0.2) is 26.8 Å². The third-order valence-electron chi connectivity index (χ3n) is 4.38. The van der Waals surface area contributed by atoms with Gasteiger partial charge in [0.05, 0.1) is 16.7 Å². The Hall–Kier alpha value is -0.280.